The first kappa shape index (κ1) is 19.7. The monoisotopic (exact) mass is 340 g/mol. The fraction of sp³-hybridized carbons (Fsp3) is 0.412. The van der Waals surface area contributed by atoms with Crippen LogP contribution in [-0.4, -0.2) is 65.3 Å². The maximum absolute atomic E-state index is 14.4. The van der Waals surface area contributed by atoms with Crippen molar-refractivity contribution in [1.29, 1.82) is 0 Å². The number of carbonyl (C=O) groups is 1. The molecule has 3 rings (SSSR count). The third kappa shape index (κ3) is 4.13. The minimum absolute atomic E-state index is 0. The van der Waals surface area contributed by atoms with Crippen LogP contribution in [0, 0.1) is 5.82 Å². The second kappa shape index (κ2) is 8.15. The Morgan fingerprint density at radius 2 is 2.16 bits per heavy atom. The van der Waals surface area contributed by atoms with Gasteiger partial charge in [0.1, 0.15) is 11.4 Å². The molecule has 0 atom stereocenters. The van der Waals surface area contributed by atoms with Gasteiger partial charge < -0.3 is 14.7 Å². The average molecular weight is 340 g/mol. The van der Waals surface area contributed by atoms with Crippen LogP contribution in [-0.2, 0) is 30.9 Å². The number of rotatable bonds is 5. The van der Waals surface area contributed by atoms with E-state index >= 15 is 0 Å². The molecule has 1 aromatic carbocycles. The number of aromatic carboxylic acids is 1. The first-order valence-electron chi connectivity index (χ1n) is 7.75. The molecule has 129 valence electrons. The number of benzene rings is 1. The molecule has 0 saturated heterocycles. The van der Waals surface area contributed by atoms with E-state index in [0.29, 0.717) is 11.3 Å². The van der Waals surface area contributed by atoms with E-state index in [1.54, 1.807) is 6.07 Å². The number of hydrogen-bond acceptors (Lipinski definition) is 4. The summed E-state index contributed by atoms with van der Waals surface area (Å²) in [6.07, 6.45) is 2.11. The Bertz CT molecular complexity index is 779. The normalized spacial score (nSPS) is 14.0. The van der Waals surface area contributed by atoms with E-state index in [1.165, 1.54) is 18.0 Å². The zero-order chi connectivity index (χ0) is 17.3. The summed E-state index contributed by atoms with van der Waals surface area (Å²) in [5.41, 5.74) is 3.16. The number of likely N-dealkylation sites (N-methyl/N-ethyl adjacent to an activating group) is 1. The van der Waals surface area contributed by atoms with E-state index in [1.807, 2.05) is 13.1 Å². The molecule has 0 amide bonds. The van der Waals surface area contributed by atoms with Crippen molar-refractivity contribution in [2.24, 2.45) is 0 Å². The van der Waals surface area contributed by atoms with Gasteiger partial charge in [0, 0.05) is 44.6 Å². The minimum Gasteiger partial charge on any atom is -0.478 e. The molecular weight excluding hydrogens is 320 g/mol. The van der Waals surface area contributed by atoms with Crippen molar-refractivity contribution in [1.82, 2.24) is 14.7 Å². The number of carboxylic acid groups (broad SMARTS) is 1. The Morgan fingerprint density at radius 1 is 1.40 bits per heavy atom. The minimum atomic E-state index is -1.07. The third-order valence-corrected chi connectivity index (χ3v) is 4.35. The summed E-state index contributed by atoms with van der Waals surface area (Å²) in [4.78, 5) is 13.5. The zero-order valence-corrected chi connectivity index (χ0v) is 14.8. The maximum Gasteiger partial charge on any atom is 0.339 e. The molecule has 1 radical (unpaired) electrons. The van der Waals surface area contributed by atoms with Crippen molar-refractivity contribution in [2.75, 3.05) is 20.7 Å². The van der Waals surface area contributed by atoms with Gasteiger partial charge in [-0.15, -0.1) is 0 Å². The number of hydrogen-bond donors (Lipinski definition) is 1. The number of fused-ring (bicyclic) bond motifs is 1. The van der Waals surface area contributed by atoms with Crippen molar-refractivity contribution < 1.29 is 19.0 Å². The summed E-state index contributed by atoms with van der Waals surface area (Å²) >= 11 is 0. The van der Waals surface area contributed by atoms with Crippen molar-refractivity contribution in [2.45, 2.75) is 26.1 Å². The SMILES string of the molecule is COCc1c(C(=O)O)cnn1Cc1cc2c(cc1F)CCN(C)C2.[Li]. The van der Waals surface area contributed by atoms with Gasteiger partial charge in [0.2, 0.25) is 0 Å². The van der Waals surface area contributed by atoms with Crippen LogP contribution in [0.15, 0.2) is 18.3 Å². The van der Waals surface area contributed by atoms with Gasteiger partial charge in [0.25, 0.3) is 0 Å². The molecule has 1 aliphatic rings. The van der Waals surface area contributed by atoms with Gasteiger partial charge in [-0.05, 0) is 36.7 Å². The molecule has 1 N–H and O–H groups in total. The van der Waals surface area contributed by atoms with Gasteiger partial charge in [0.05, 0.1) is 25.0 Å². The maximum atomic E-state index is 14.4. The predicted molar refractivity (Wildman–Crippen MR) is 91.2 cm³/mol. The topological polar surface area (TPSA) is 67.6 Å². The first-order valence-corrected chi connectivity index (χ1v) is 7.75. The van der Waals surface area contributed by atoms with Crippen molar-refractivity contribution >= 4 is 24.8 Å². The Labute approximate surface area is 157 Å². The quantitative estimate of drug-likeness (QED) is 0.836. The van der Waals surface area contributed by atoms with Crippen LogP contribution < -0.4 is 0 Å². The Balaban J connectivity index is 0.00000225. The molecule has 0 spiro atoms. The first-order chi connectivity index (χ1) is 11.5. The fourth-order valence-electron chi connectivity index (χ4n) is 3.07. The third-order valence-electron chi connectivity index (χ3n) is 4.35. The molecule has 8 heteroatoms. The number of nitrogens with zero attached hydrogens (tertiary/aromatic N) is 3. The number of methoxy groups -OCH3 is 1. The van der Waals surface area contributed by atoms with E-state index < -0.39 is 5.97 Å². The van der Waals surface area contributed by atoms with Crippen LogP contribution in [0.1, 0.15) is 32.7 Å². The molecule has 2 aromatic rings. The van der Waals surface area contributed by atoms with Gasteiger partial charge in [0.15, 0.2) is 0 Å². The number of aromatic nitrogens is 2. The summed E-state index contributed by atoms with van der Waals surface area (Å²) in [5, 5.41) is 13.3. The Hall–Kier alpha value is -1.65. The molecule has 6 nitrogen and oxygen atoms in total. The molecule has 0 unspecified atom stereocenters. The second-order valence-electron chi connectivity index (χ2n) is 6.10. The van der Waals surface area contributed by atoms with Gasteiger partial charge in [-0.25, -0.2) is 9.18 Å². The number of ether oxygens (including phenoxy) is 1. The molecule has 0 aliphatic carbocycles. The molecular formula is C17H20FLiN3O3. The van der Waals surface area contributed by atoms with Gasteiger partial charge in [-0.3, -0.25) is 4.68 Å². The van der Waals surface area contributed by atoms with E-state index in [2.05, 4.69) is 10.00 Å². The summed E-state index contributed by atoms with van der Waals surface area (Å²) in [7, 11) is 3.52. The summed E-state index contributed by atoms with van der Waals surface area (Å²) in [6, 6.07) is 3.45. The standard InChI is InChI=1S/C17H20FN3O3.Li/c1-20-4-3-11-6-15(18)13(5-12(11)8-20)9-21-16(10-24-2)14(7-19-21)17(22)23;/h5-7H,3-4,8-10H2,1-2H3,(H,22,23);. The average Bonchev–Trinajstić information content (AvgIpc) is 2.92. The van der Waals surface area contributed by atoms with E-state index in [9.17, 15) is 14.3 Å². The molecule has 1 aromatic heterocycles. The molecule has 1 aliphatic heterocycles. The summed E-state index contributed by atoms with van der Waals surface area (Å²) < 4.78 is 21.0. The van der Waals surface area contributed by atoms with Crippen molar-refractivity contribution in [3.63, 3.8) is 0 Å². The summed E-state index contributed by atoms with van der Waals surface area (Å²) in [6.45, 7) is 1.99. The van der Waals surface area contributed by atoms with E-state index in [0.717, 1.165) is 30.6 Å². The fourth-order valence-corrected chi connectivity index (χ4v) is 3.07. The van der Waals surface area contributed by atoms with Crippen molar-refractivity contribution in [3.8, 4) is 0 Å². The van der Waals surface area contributed by atoms with Crippen LogP contribution in [0.2, 0.25) is 0 Å². The van der Waals surface area contributed by atoms with Gasteiger partial charge in [-0.1, -0.05) is 0 Å². The molecule has 2 heterocycles. The van der Waals surface area contributed by atoms with Gasteiger partial charge >= 0.3 is 5.97 Å². The second-order valence-corrected chi connectivity index (χ2v) is 6.10. The van der Waals surface area contributed by atoms with Crippen LogP contribution >= 0.6 is 0 Å². The number of halogens is 1. The van der Waals surface area contributed by atoms with Crippen LogP contribution in [0.25, 0.3) is 0 Å². The van der Waals surface area contributed by atoms with Crippen LogP contribution in [0.3, 0.4) is 0 Å². The van der Waals surface area contributed by atoms with Gasteiger partial charge in [-0.2, -0.15) is 5.10 Å². The van der Waals surface area contributed by atoms with Crippen molar-refractivity contribution in [3.05, 3.63) is 52.1 Å². The predicted octanol–water partition coefficient (Wildman–Crippen LogP) is 1.52. The van der Waals surface area contributed by atoms with E-state index in [4.69, 9.17) is 4.74 Å². The zero-order valence-electron chi connectivity index (χ0n) is 14.8. The smallest absolute Gasteiger partial charge is 0.339 e. The molecule has 0 fully saturated rings. The van der Waals surface area contributed by atoms with Crippen LogP contribution in [0.5, 0.6) is 0 Å². The van der Waals surface area contributed by atoms with E-state index in [-0.39, 0.29) is 43.4 Å². The molecule has 0 bridgehead atoms. The molecule has 25 heavy (non-hydrogen) atoms. The number of carboxylic acids is 1. The largest absolute Gasteiger partial charge is 0.478 e. The Kier molecular flexibility index (Phi) is 6.41. The van der Waals surface area contributed by atoms with Crippen LogP contribution in [0.4, 0.5) is 4.39 Å². The Morgan fingerprint density at radius 3 is 2.84 bits per heavy atom. The summed E-state index contributed by atoms with van der Waals surface area (Å²) in [5.74, 6) is -1.35. The molecule has 0 saturated carbocycles.